The summed E-state index contributed by atoms with van der Waals surface area (Å²) in [6.07, 6.45) is 5.80. The van der Waals surface area contributed by atoms with Gasteiger partial charge in [-0.25, -0.2) is 14.8 Å². The van der Waals surface area contributed by atoms with Crippen LogP contribution in [0.2, 0.25) is 0 Å². The first kappa shape index (κ1) is 13.6. The molecule has 2 aromatic rings. The molecule has 0 bridgehead atoms. The molecule has 0 aliphatic carbocycles. The molecule has 2 rings (SSSR count). The smallest absolute Gasteiger partial charge is 0.373 e. The van der Waals surface area contributed by atoms with Crippen molar-refractivity contribution >= 4 is 11.9 Å². The SMILES string of the molecule is CN(C)C(=O)c1cncc(-c2cnc(C(=O)O)nc2)c1. The lowest BCUT2D eigenvalue weighted by atomic mass is 10.1. The van der Waals surface area contributed by atoms with Crippen LogP contribution in [0.25, 0.3) is 11.1 Å². The van der Waals surface area contributed by atoms with Gasteiger partial charge in [-0.3, -0.25) is 9.78 Å². The molecule has 0 spiro atoms. The number of carboxylic acid groups (broad SMARTS) is 1. The number of nitrogens with zero attached hydrogens (tertiary/aromatic N) is 4. The van der Waals surface area contributed by atoms with Gasteiger partial charge in [0.15, 0.2) is 0 Å². The minimum absolute atomic E-state index is 0.164. The zero-order chi connectivity index (χ0) is 14.7. The van der Waals surface area contributed by atoms with Crippen LogP contribution in [-0.2, 0) is 0 Å². The summed E-state index contributed by atoms with van der Waals surface area (Å²) in [5.74, 6) is -1.63. The van der Waals surface area contributed by atoms with Gasteiger partial charge in [0, 0.05) is 50.0 Å². The van der Waals surface area contributed by atoms with Crippen LogP contribution < -0.4 is 0 Å². The van der Waals surface area contributed by atoms with Crippen LogP contribution in [0.4, 0.5) is 0 Å². The molecular formula is C13H12N4O3. The number of carbonyl (C=O) groups is 2. The Kier molecular flexibility index (Phi) is 3.69. The molecule has 7 heteroatoms. The molecule has 0 unspecified atom stereocenters. The third-order valence-electron chi connectivity index (χ3n) is 2.57. The molecule has 2 aromatic heterocycles. The van der Waals surface area contributed by atoms with E-state index in [2.05, 4.69) is 15.0 Å². The van der Waals surface area contributed by atoms with Gasteiger partial charge >= 0.3 is 5.97 Å². The van der Waals surface area contributed by atoms with E-state index in [9.17, 15) is 9.59 Å². The minimum atomic E-state index is -1.19. The Morgan fingerprint density at radius 2 is 1.70 bits per heavy atom. The summed E-state index contributed by atoms with van der Waals surface area (Å²) < 4.78 is 0. The number of aromatic nitrogens is 3. The molecule has 0 aliphatic rings. The lowest BCUT2D eigenvalue weighted by Gasteiger charge is -2.10. The lowest BCUT2D eigenvalue weighted by molar-refractivity contribution is 0.0683. The number of rotatable bonds is 3. The van der Waals surface area contributed by atoms with Gasteiger partial charge in [-0.05, 0) is 6.07 Å². The Labute approximate surface area is 114 Å². The molecule has 1 amide bonds. The van der Waals surface area contributed by atoms with Crippen molar-refractivity contribution in [2.24, 2.45) is 0 Å². The molecule has 0 fully saturated rings. The second-order valence-corrected chi connectivity index (χ2v) is 4.26. The van der Waals surface area contributed by atoms with Gasteiger partial charge in [-0.2, -0.15) is 0 Å². The van der Waals surface area contributed by atoms with Crippen molar-refractivity contribution < 1.29 is 14.7 Å². The zero-order valence-electron chi connectivity index (χ0n) is 10.9. The number of carboxylic acids is 1. The first-order valence-electron chi connectivity index (χ1n) is 5.71. The third-order valence-corrected chi connectivity index (χ3v) is 2.57. The van der Waals surface area contributed by atoms with Crippen molar-refractivity contribution in [3.8, 4) is 11.1 Å². The Morgan fingerprint density at radius 1 is 1.05 bits per heavy atom. The number of carbonyl (C=O) groups excluding carboxylic acids is 1. The normalized spacial score (nSPS) is 10.1. The van der Waals surface area contributed by atoms with Crippen molar-refractivity contribution in [1.82, 2.24) is 19.9 Å². The van der Waals surface area contributed by atoms with E-state index in [0.29, 0.717) is 16.7 Å². The number of amides is 1. The number of aromatic carboxylic acids is 1. The fourth-order valence-electron chi connectivity index (χ4n) is 1.56. The van der Waals surface area contributed by atoms with Crippen molar-refractivity contribution in [2.75, 3.05) is 14.1 Å². The maximum Gasteiger partial charge on any atom is 0.373 e. The van der Waals surface area contributed by atoms with E-state index < -0.39 is 5.97 Å². The van der Waals surface area contributed by atoms with Crippen LogP contribution >= 0.6 is 0 Å². The van der Waals surface area contributed by atoms with E-state index in [1.165, 1.54) is 23.5 Å². The predicted molar refractivity (Wildman–Crippen MR) is 70.2 cm³/mol. The van der Waals surface area contributed by atoms with E-state index in [-0.39, 0.29) is 11.7 Å². The van der Waals surface area contributed by atoms with Crippen LogP contribution in [0.5, 0.6) is 0 Å². The number of pyridine rings is 1. The molecule has 0 saturated heterocycles. The Balaban J connectivity index is 2.36. The standard InChI is InChI=1S/C13H12N4O3/c1-17(2)12(18)9-3-8(4-14-5-9)10-6-15-11(13(19)20)16-7-10/h3-7H,1-2H3,(H,19,20). The van der Waals surface area contributed by atoms with E-state index in [4.69, 9.17) is 5.11 Å². The largest absolute Gasteiger partial charge is 0.475 e. The lowest BCUT2D eigenvalue weighted by Crippen LogP contribution is -2.21. The monoisotopic (exact) mass is 272 g/mol. The Bertz CT molecular complexity index is 653. The minimum Gasteiger partial charge on any atom is -0.475 e. The van der Waals surface area contributed by atoms with Gasteiger partial charge < -0.3 is 10.0 Å². The topological polar surface area (TPSA) is 96.3 Å². The summed E-state index contributed by atoms with van der Waals surface area (Å²) in [6, 6.07) is 1.66. The second-order valence-electron chi connectivity index (χ2n) is 4.26. The van der Waals surface area contributed by atoms with Crippen LogP contribution in [0.1, 0.15) is 21.0 Å². The summed E-state index contributed by atoms with van der Waals surface area (Å²) in [5.41, 5.74) is 1.68. The summed E-state index contributed by atoms with van der Waals surface area (Å²) >= 11 is 0. The van der Waals surface area contributed by atoms with E-state index in [1.54, 1.807) is 26.4 Å². The molecule has 102 valence electrons. The van der Waals surface area contributed by atoms with E-state index >= 15 is 0 Å². The van der Waals surface area contributed by atoms with E-state index in [0.717, 1.165) is 0 Å². The van der Waals surface area contributed by atoms with Crippen molar-refractivity contribution in [3.05, 3.63) is 42.2 Å². The van der Waals surface area contributed by atoms with Gasteiger partial charge in [0.1, 0.15) is 0 Å². The van der Waals surface area contributed by atoms with Crippen molar-refractivity contribution in [3.63, 3.8) is 0 Å². The molecule has 1 N–H and O–H groups in total. The molecule has 0 aromatic carbocycles. The van der Waals surface area contributed by atoms with Gasteiger partial charge in [0.05, 0.1) is 5.56 Å². The molecule has 0 saturated carbocycles. The number of hydrogen-bond donors (Lipinski definition) is 1. The first-order valence-corrected chi connectivity index (χ1v) is 5.71. The Morgan fingerprint density at radius 3 is 2.25 bits per heavy atom. The van der Waals surface area contributed by atoms with Crippen LogP contribution in [-0.4, -0.2) is 50.9 Å². The number of hydrogen-bond acceptors (Lipinski definition) is 5. The fourth-order valence-corrected chi connectivity index (χ4v) is 1.56. The van der Waals surface area contributed by atoms with Gasteiger partial charge in [0.25, 0.3) is 5.91 Å². The molecule has 2 heterocycles. The molecular weight excluding hydrogens is 260 g/mol. The maximum absolute atomic E-state index is 11.8. The van der Waals surface area contributed by atoms with Crippen LogP contribution in [0.15, 0.2) is 30.9 Å². The second kappa shape index (κ2) is 5.43. The van der Waals surface area contributed by atoms with Crippen LogP contribution in [0, 0.1) is 0 Å². The fraction of sp³-hybridized carbons (Fsp3) is 0.154. The van der Waals surface area contributed by atoms with Gasteiger partial charge in [-0.1, -0.05) is 0 Å². The maximum atomic E-state index is 11.8. The van der Waals surface area contributed by atoms with Crippen LogP contribution in [0.3, 0.4) is 0 Å². The first-order chi connectivity index (χ1) is 9.49. The summed E-state index contributed by atoms with van der Waals surface area (Å²) in [4.78, 5) is 35.4. The highest BCUT2D eigenvalue weighted by molar-refractivity contribution is 5.94. The molecule has 0 atom stereocenters. The average molecular weight is 272 g/mol. The van der Waals surface area contributed by atoms with Gasteiger partial charge in [-0.15, -0.1) is 0 Å². The highest BCUT2D eigenvalue weighted by atomic mass is 16.4. The van der Waals surface area contributed by atoms with E-state index in [1.807, 2.05) is 0 Å². The Hall–Kier alpha value is -2.83. The highest BCUT2D eigenvalue weighted by Crippen LogP contribution is 2.18. The van der Waals surface area contributed by atoms with Gasteiger partial charge in [0.2, 0.25) is 5.82 Å². The summed E-state index contributed by atoms with van der Waals surface area (Å²) in [6.45, 7) is 0. The summed E-state index contributed by atoms with van der Waals surface area (Å²) in [7, 11) is 3.31. The molecule has 7 nitrogen and oxygen atoms in total. The summed E-state index contributed by atoms with van der Waals surface area (Å²) in [5, 5.41) is 8.74. The quantitative estimate of drug-likeness (QED) is 0.893. The molecule has 0 aliphatic heterocycles. The zero-order valence-corrected chi connectivity index (χ0v) is 10.9. The third kappa shape index (κ3) is 2.77. The average Bonchev–Trinajstić information content (AvgIpc) is 2.46. The van der Waals surface area contributed by atoms with Crippen molar-refractivity contribution in [2.45, 2.75) is 0 Å². The predicted octanol–water partition coefficient (Wildman–Crippen LogP) is 0.939. The van der Waals surface area contributed by atoms with Crippen molar-refractivity contribution in [1.29, 1.82) is 0 Å². The highest BCUT2D eigenvalue weighted by Gasteiger charge is 2.11. The molecule has 20 heavy (non-hydrogen) atoms. The molecule has 0 radical (unpaired) electrons.